The lowest BCUT2D eigenvalue weighted by molar-refractivity contribution is 0.0970. The average molecular weight is 285 g/mol. The molecule has 0 heterocycles. The van der Waals surface area contributed by atoms with Gasteiger partial charge in [0.25, 0.3) is 0 Å². The number of ketones is 1. The van der Waals surface area contributed by atoms with Crippen LogP contribution < -0.4 is 0 Å². The Labute approximate surface area is 121 Å². The van der Waals surface area contributed by atoms with Crippen LogP contribution in [0.2, 0.25) is 0 Å². The summed E-state index contributed by atoms with van der Waals surface area (Å²) in [5.41, 5.74) is 0.710. The van der Waals surface area contributed by atoms with Crippen LogP contribution in [0.25, 0.3) is 0 Å². The summed E-state index contributed by atoms with van der Waals surface area (Å²) < 4.78 is 27.9. The summed E-state index contributed by atoms with van der Waals surface area (Å²) in [6.45, 7) is 3.19. The molecule has 0 aliphatic heterocycles. The van der Waals surface area contributed by atoms with Gasteiger partial charge in [-0.2, -0.15) is 5.26 Å². The molecule has 0 fully saturated rings. The molecular weight excluding hydrogens is 272 g/mol. The van der Waals surface area contributed by atoms with E-state index in [0.717, 1.165) is 11.6 Å². The average Bonchev–Trinajstić information content (AvgIpc) is 2.46. The molecule has 2 aromatic rings. The van der Waals surface area contributed by atoms with Crippen molar-refractivity contribution in [2.24, 2.45) is 0 Å². The summed E-state index contributed by atoms with van der Waals surface area (Å²) in [7, 11) is 0. The largest absolute Gasteiger partial charge is 0.292 e. The van der Waals surface area contributed by atoms with Gasteiger partial charge in [-0.05, 0) is 36.6 Å². The molecule has 2 nitrogen and oxygen atoms in total. The minimum absolute atomic E-state index is 0.168. The lowest BCUT2D eigenvalue weighted by Crippen LogP contribution is -2.16. The zero-order valence-corrected chi connectivity index (χ0v) is 11.7. The number of nitriles is 1. The van der Waals surface area contributed by atoms with E-state index in [9.17, 15) is 18.8 Å². The van der Waals surface area contributed by atoms with Gasteiger partial charge in [0.05, 0.1) is 11.6 Å². The Hall–Kier alpha value is -2.54. The monoisotopic (exact) mass is 285 g/mol. The van der Waals surface area contributed by atoms with Gasteiger partial charge in [0.1, 0.15) is 17.6 Å². The first kappa shape index (κ1) is 14.9. The van der Waals surface area contributed by atoms with E-state index in [1.807, 2.05) is 6.07 Å². The number of hydrogen-bond donors (Lipinski definition) is 0. The molecule has 0 bridgehead atoms. The zero-order chi connectivity index (χ0) is 15.6. The fourth-order valence-electron chi connectivity index (χ4n) is 2.21. The van der Waals surface area contributed by atoms with Gasteiger partial charge >= 0.3 is 0 Å². The van der Waals surface area contributed by atoms with Crippen LogP contribution in [0, 0.1) is 36.8 Å². The molecular formula is C17H13F2NO. The molecule has 106 valence electrons. The molecule has 0 aliphatic rings. The zero-order valence-electron chi connectivity index (χ0n) is 11.7. The standard InChI is InChI=1S/C17H13F2NO/c1-10-5-3-4-6-12(10)13(9-20)17(21)15-14(18)8-7-11(2)16(15)19/h3-8,13H,1-2H3. The fourth-order valence-corrected chi connectivity index (χ4v) is 2.21. The van der Waals surface area contributed by atoms with Crippen LogP contribution in [-0.4, -0.2) is 5.78 Å². The number of nitrogens with zero attached hydrogens (tertiary/aromatic N) is 1. The van der Waals surface area contributed by atoms with Crippen molar-refractivity contribution in [3.8, 4) is 6.07 Å². The van der Waals surface area contributed by atoms with Crippen LogP contribution in [-0.2, 0) is 0 Å². The van der Waals surface area contributed by atoms with Gasteiger partial charge in [0, 0.05) is 0 Å². The van der Waals surface area contributed by atoms with E-state index in [2.05, 4.69) is 0 Å². The second-order valence-electron chi connectivity index (χ2n) is 4.84. The minimum Gasteiger partial charge on any atom is -0.292 e. The van der Waals surface area contributed by atoms with E-state index in [1.54, 1.807) is 31.2 Å². The number of Topliss-reactive ketones (excluding diaryl/α,β-unsaturated/α-hetero) is 1. The highest BCUT2D eigenvalue weighted by Crippen LogP contribution is 2.27. The summed E-state index contributed by atoms with van der Waals surface area (Å²) >= 11 is 0. The van der Waals surface area contributed by atoms with Crippen molar-refractivity contribution < 1.29 is 13.6 Å². The maximum absolute atomic E-state index is 14.1. The Bertz CT molecular complexity index is 747. The SMILES string of the molecule is Cc1ccccc1C(C#N)C(=O)c1c(F)ccc(C)c1F. The molecule has 0 spiro atoms. The summed E-state index contributed by atoms with van der Waals surface area (Å²) in [5.74, 6) is -3.94. The minimum atomic E-state index is -1.23. The van der Waals surface area contributed by atoms with E-state index in [0.29, 0.717) is 5.56 Å². The maximum atomic E-state index is 14.1. The molecule has 4 heteroatoms. The van der Waals surface area contributed by atoms with E-state index < -0.39 is 28.9 Å². The van der Waals surface area contributed by atoms with Gasteiger partial charge in [0.15, 0.2) is 5.78 Å². The van der Waals surface area contributed by atoms with Crippen molar-refractivity contribution in [1.29, 1.82) is 5.26 Å². The molecule has 0 aromatic heterocycles. The Kier molecular flexibility index (Phi) is 4.13. The van der Waals surface area contributed by atoms with Crippen molar-refractivity contribution in [1.82, 2.24) is 0 Å². The van der Waals surface area contributed by atoms with Crippen LogP contribution in [0.1, 0.15) is 33.0 Å². The van der Waals surface area contributed by atoms with E-state index in [-0.39, 0.29) is 5.56 Å². The first-order chi connectivity index (χ1) is 9.97. The van der Waals surface area contributed by atoms with Crippen LogP contribution in [0.15, 0.2) is 36.4 Å². The third-order valence-electron chi connectivity index (χ3n) is 3.42. The molecule has 1 atom stereocenters. The number of carbonyl (C=O) groups excluding carboxylic acids is 1. The van der Waals surface area contributed by atoms with E-state index in [1.165, 1.54) is 13.0 Å². The second kappa shape index (κ2) is 5.84. The van der Waals surface area contributed by atoms with Crippen LogP contribution >= 0.6 is 0 Å². The Morgan fingerprint density at radius 3 is 2.38 bits per heavy atom. The summed E-state index contributed by atoms with van der Waals surface area (Å²) in [6.07, 6.45) is 0. The Balaban J connectivity index is 2.56. The van der Waals surface area contributed by atoms with Gasteiger partial charge in [-0.3, -0.25) is 4.79 Å². The van der Waals surface area contributed by atoms with Crippen molar-refractivity contribution >= 4 is 5.78 Å². The highest BCUT2D eigenvalue weighted by Gasteiger charge is 2.28. The third kappa shape index (κ3) is 2.68. The van der Waals surface area contributed by atoms with Gasteiger partial charge < -0.3 is 0 Å². The molecule has 2 aromatic carbocycles. The smallest absolute Gasteiger partial charge is 0.190 e. The van der Waals surface area contributed by atoms with Gasteiger partial charge in [0.2, 0.25) is 0 Å². The topological polar surface area (TPSA) is 40.9 Å². The quantitative estimate of drug-likeness (QED) is 0.797. The van der Waals surface area contributed by atoms with Gasteiger partial charge in [-0.15, -0.1) is 0 Å². The maximum Gasteiger partial charge on any atom is 0.190 e. The highest BCUT2D eigenvalue weighted by molar-refractivity contribution is 6.03. The molecule has 0 radical (unpaired) electrons. The normalized spacial score (nSPS) is 11.8. The molecule has 0 amide bonds. The first-order valence-corrected chi connectivity index (χ1v) is 6.41. The van der Waals surface area contributed by atoms with Gasteiger partial charge in [-0.25, -0.2) is 8.78 Å². The summed E-state index contributed by atoms with van der Waals surface area (Å²) in [4.78, 5) is 12.4. The number of rotatable bonds is 3. The number of hydrogen-bond acceptors (Lipinski definition) is 2. The van der Waals surface area contributed by atoms with Crippen LogP contribution in [0.5, 0.6) is 0 Å². The van der Waals surface area contributed by atoms with Crippen LogP contribution in [0.4, 0.5) is 8.78 Å². The predicted octanol–water partition coefficient (Wildman–Crippen LogP) is 4.07. The first-order valence-electron chi connectivity index (χ1n) is 6.41. The molecule has 0 aliphatic carbocycles. The molecule has 2 rings (SSSR count). The fraction of sp³-hybridized carbons (Fsp3) is 0.176. The Morgan fingerprint density at radius 2 is 1.76 bits per heavy atom. The van der Waals surface area contributed by atoms with Crippen molar-refractivity contribution in [2.45, 2.75) is 19.8 Å². The highest BCUT2D eigenvalue weighted by atomic mass is 19.1. The Morgan fingerprint density at radius 1 is 1.10 bits per heavy atom. The van der Waals surface area contributed by atoms with Gasteiger partial charge in [-0.1, -0.05) is 30.3 Å². The number of carbonyl (C=O) groups is 1. The molecule has 21 heavy (non-hydrogen) atoms. The molecule has 0 saturated heterocycles. The summed E-state index contributed by atoms with van der Waals surface area (Å²) in [5, 5.41) is 9.27. The second-order valence-corrected chi connectivity index (χ2v) is 4.84. The third-order valence-corrected chi connectivity index (χ3v) is 3.42. The predicted molar refractivity (Wildman–Crippen MR) is 75.0 cm³/mol. The number of benzene rings is 2. The van der Waals surface area contributed by atoms with Crippen molar-refractivity contribution in [3.63, 3.8) is 0 Å². The summed E-state index contributed by atoms with van der Waals surface area (Å²) in [6, 6.07) is 11.0. The molecule has 1 unspecified atom stereocenters. The van der Waals surface area contributed by atoms with Crippen LogP contribution in [0.3, 0.4) is 0 Å². The van der Waals surface area contributed by atoms with E-state index >= 15 is 0 Å². The lowest BCUT2D eigenvalue weighted by atomic mass is 9.88. The van der Waals surface area contributed by atoms with Crippen molar-refractivity contribution in [3.05, 3.63) is 70.3 Å². The lowest BCUT2D eigenvalue weighted by Gasteiger charge is -2.13. The number of halogens is 2. The molecule has 0 saturated carbocycles. The van der Waals surface area contributed by atoms with E-state index in [4.69, 9.17) is 0 Å². The molecule has 0 N–H and O–H groups in total. The van der Waals surface area contributed by atoms with Crippen molar-refractivity contribution in [2.75, 3.05) is 0 Å². The number of aryl methyl sites for hydroxylation is 2.